The van der Waals surface area contributed by atoms with E-state index in [0.29, 0.717) is 6.04 Å². The van der Waals surface area contributed by atoms with Crippen molar-refractivity contribution in [1.82, 2.24) is 5.32 Å². The van der Waals surface area contributed by atoms with Gasteiger partial charge in [-0.1, -0.05) is 13.8 Å². The van der Waals surface area contributed by atoms with Crippen LogP contribution < -0.4 is 16.0 Å². The lowest BCUT2D eigenvalue weighted by atomic mass is 9.86. The molecular formula is C19H29N3O3. The minimum absolute atomic E-state index is 0.00996. The van der Waals surface area contributed by atoms with Crippen molar-refractivity contribution in [3.63, 3.8) is 0 Å². The largest absolute Gasteiger partial charge is 0.444 e. The van der Waals surface area contributed by atoms with Gasteiger partial charge in [-0.2, -0.15) is 0 Å². The summed E-state index contributed by atoms with van der Waals surface area (Å²) in [5.41, 5.74) is 1.32. The van der Waals surface area contributed by atoms with Crippen LogP contribution in [0.3, 0.4) is 0 Å². The highest BCUT2D eigenvalue weighted by Crippen LogP contribution is 2.25. The smallest absolute Gasteiger partial charge is 0.407 e. The van der Waals surface area contributed by atoms with Crippen molar-refractivity contribution in [3.05, 3.63) is 24.3 Å². The highest BCUT2D eigenvalue weighted by Gasteiger charge is 2.31. The van der Waals surface area contributed by atoms with Gasteiger partial charge in [0, 0.05) is 29.4 Å². The van der Waals surface area contributed by atoms with Gasteiger partial charge in [0.15, 0.2) is 0 Å². The first-order valence-electron chi connectivity index (χ1n) is 8.79. The van der Waals surface area contributed by atoms with Crippen LogP contribution in [-0.2, 0) is 9.53 Å². The summed E-state index contributed by atoms with van der Waals surface area (Å²) >= 11 is 0. The van der Waals surface area contributed by atoms with Crippen molar-refractivity contribution in [2.45, 2.75) is 65.1 Å². The first-order chi connectivity index (χ1) is 11.6. The molecule has 138 valence electrons. The van der Waals surface area contributed by atoms with E-state index in [0.717, 1.165) is 24.2 Å². The van der Waals surface area contributed by atoms with E-state index in [9.17, 15) is 9.59 Å². The van der Waals surface area contributed by atoms with E-state index in [2.05, 4.69) is 16.0 Å². The fourth-order valence-corrected chi connectivity index (χ4v) is 2.50. The number of nitrogens with one attached hydrogen (secondary N) is 3. The number of benzene rings is 1. The number of carbonyl (C=O) groups excluding carboxylic acids is 2. The standard InChI is InChI=1S/C19H29N3O3/c1-12(2)17(23)21-14-8-6-13(7-9-14)20-15-10-16(11-15)22-18(24)25-19(3,4)5/h6-9,12,15-16,20H,10-11H2,1-5H3,(H,21,23)(H,22,24). The lowest BCUT2D eigenvalue weighted by molar-refractivity contribution is -0.118. The predicted molar refractivity (Wildman–Crippen MR) is 99.7 cm³/mol. The summed E-state index contributed by atoms with van der Waals surface area (Å²) in [6, 6.07) is 8.15. The summed E-state index contributed by atoms with van der Waals surface area (Å²) in [6.45, 7) is 9.29. The van der Waals surface area contributed by atoms with Crippen LogP contribution in [0.5, 0.6) is 0 Å². The Kier molecular flexibility index (Phi) is 5.93. The molecule has 0 aliphatic heterocycles. The second kappa shape index (κ2) is 7.76. The maximum Gasteiger partial charge on any atom is 0.407 e. The Morgan fingerprint density at radius 1 is 1.04 bits per heavy atom. The highest BCUT2D eigenvalue weighted by molar-refractivity contribution is 5.92. The van der Waals surface area contributed by atoms with Crippen molar-refractivity contribution in [1.29, 1.82) is 0 Å². The minimum atomic E-state index is -0.474. The molecule has 0 radical (unpaired) electrons. The molecule has 0 atom stereocenters. The molecule has 0 heterocycles. The Morgan fingerprint density at radius 2 is 1.60 bits per heavy atom. The monoisotopic (exact) mass is 347 g/mol. The van der Waals surface area contributed by atoms with Crippen LogP contribution in [0.1, 0.15) is 47.5 Å². The zero-order chi connectivity index (χ0) is 18.6. The number of hydrogen-bond acceptors (Lipinski definition) is 4. The summed E-state index contributed by atoms with van der Waals surface area (Å²) in [4.78, 5) is 23.4. The third-order valence-corrected chi connectivity index (χ3v) is 3.91. The van der Waals surface area contributed by atoms with Gasteiger partial charge in [0.2, 0.25) is 5.91 Å². The van der Waals surface area contributed by atoms with Gasteiger partial charge in [0.25, 0.3) is 0 Å². The molecule has 0 saturated heterocycles. The van der Waals surface area contributed by atoms with Crippen LogP contribution in [0.25, 0.3) is 0 Å². The normalized spacial score (nSPS) is 19.8. The first kappa shape index (κ1) is 19.1. The Bertz CT molecular complexity index is 599. The molecule has 6 nitrogen and oxygen atoms in total. The number of amides is 2. The van der Waals surface area contributed by atoms with Crippen LogP contribution in [0.2, 0.25) is 0 Å². The molecule has 0 spiro atoms. The lowest BCUT2D eigenvalue weighted by Crippen LogP contribution is -2.50. The van der Waals surface area contributed by atoms with Crippen LogP contribution >= 0.6 is 0 Å². The zero-order valence-electron chi connectivity index (χ0n) is 15.7. The molecule has 0 bridgehead atoms. The van der Waals surface area contributed by atoms with E-state index in [4.69, 9.17) is 4.74 Å². The van der Waals surface area contributed by atoms with Crippen LogP contribution in [0.4, 0.5) is 16.2 Å². The number of anilines is 2. The van der Waals surface area contributed by atoms with Crippen molar-refractivity contribution >= 4 is 23.4 Å². The Hall–Kier alpha value is -2.24. The van der Waals surface area contributed by atoms with E-state index < -0.39 is 5.60 Å². The molecule has 25 heavy (non-hydrogen) atoms. The average Bonchev–Trinajstić information content (AvgIpc) is 2.44. The van der Waals surface area contributed by atoms with Gasteiger partial charge < -0.3 is 20.7 Å². The topological polar surface area (TPSA) is 79.5 Å². The van der Waals surface area contributed by atoms with Crippen LogP contribution in [-0.4, -0.2) is 29.7 Å². The summed E-state index contributed by atoms with van der Waals surface area (Å²) in [5.74, 6) is -0.0297. The van der Waals surface area contributed by atoms with E-state index in [1.165, 1.54) is 0 Å². The van der Waals surface area contributed by atoms with Gasteiger partial charge in [0.05, 0.1) is 0 Å². The summed E-state index contributed by atoms with van der Waals surface area (Å²) in [7, 11) is 0. The Labute approximate surface area is 149 Å². The maximum atomic E-state index is 11.7. The van der Waals surface area contributed by atoms with Crippen LogP contribution in [0.15, 0.2) is 24.3 Å². The average molecular weight is 347 g/mol. The summed E-state index contributed by atoms with van der Waals surface area (Å²) in [5, 5.41) is 9.18. The lowest BCUT2D eigenvalue weighted by Gasteiger charge is -2.37. The van der Waals surface area contributed by atoms with Gasteiger partial charge in [-0.25, -0.2) is 4.79 Å². The molecule has 2 rings (SSSR count). The number of hydrogen-bond donors (Lipinski definition) is 3. The van der Waals surface area contributed by atoms with Gasteiger partial charge >= 0.3 is 6.09 Å². The molecule has 1 fully saturated rings. The highest BCUT2D eigenvalue weighted by atomic mass is 16.6. The molecule has 0 unspecified atom stereocenters. The van der Waals surface area contributed by atoms with E-state index in [1.54, 1.807) is 0 Å². The SMILES string of the molecule is CC(C)C(=O)Nc1ccc(NC2CC(NC(=O)OC(C)(C)C)C2)cc1. The van der Waals surface area contributed by atoms with E-state index >= 15 is 0 Å². The maximum absolute atomic E-state index is 11.7. The molecule has 0 aromatic heterocycles. The van der Waals surface area contributed by atoms with Crippen molar-refractivity contribution in [3.8, 4) is 0 Å². The summed E-state index contributed by atoms with van der Waals surface area (Å²) < 4.78 is 5.25. The van der Waals surface area contributed by atoms with Gasteiger partial charge in [0.1, 0.15) is 5.60 Å². The molecule has 1 aromatic rings. The fraction of sp³-hybridized carbons (Fsp3) is 0.579. The predicted octanol–water partition coefficient (Wildman–Crippen LogP) is 3.75. The molecular weight excluding hydrogens is 318 g/mol. The minimum Gasteiger partial charge on any atom is -0.444 e. The van der Waals surface area contributed by atoms with Crippen LogP contribution in [0, 0.1) is 5.92 Å². The third-order valence-electron chi connectivity index (χ3n) is 3.91. The first-order valence-corrected chi connectivity index (χ1v) is 8.79. The number of alkyl carbamates (subject to hydrolysis) is 1. The molecule has 3 N–H and O–H groups in total. The Balaban J connectivity index is 1.72. The van der Waals surface area contributed by atoms with E-state index in [-0.39, 0.29) is 24.0 Å². The van der Waals surface area contributed by atoms with Crippen molar-refractivity contribution in [2.75, 3.05) is 10.6 Å². The Morgan fingerprint density at radius 3 is 2.12 bits per heavy atom. The summed E-state index contributed by atoms with van der Waals surface area (Å²) in [6.07, 6.45) is 1.37. The second-order valence-corrected chi connectivity index (χ2v) is 7.88. The molecule has 1 aromatic carbocycles. The van der Waals surface area contributed by atoms with Gasteiger partial charge in [-0.15, -0.1) is 0 Å². The molecule has 2 amide bonds. The number of rotatable bonds is 5. The molecule has 1 aliphatic carbocycles. The second-order valence-electron chi connectivity index (χ2n) is 7.88. The van der Waals surface area contributed by atoms with Crippen molar-refractivity contribution in [2.24, 2.45) is 5.92 Å². The van der Waals surface area contributed by atoms with Gasteiger partial charge in [-0.05, 0) is 57.9 Å². The van der Waals surface area contributed by atoms with Gasteiger partial charge in [-0.3, -0.25) is 4.79 Å². The molecule has 6 heteroatoms. The van der Waals surface area contributed by atoms with E-state index in [1.807, 2.05) is 58.9 Å². The fourth-order valence-electron chi connectivity index (χ4n) is 2.50. The van der Waals surface area contributed by atoms with Crippen molar-refractivity contribution < 1.29 is 14.3 Å². The molecule has 1 aliphatic rings. The molecule has 1 saturated carbocycles. The quantitative estimate of drug-likeness (QED) is 0.758. The third kappa shape index (κ3) is 6.29. The number of carbonyl (C=O) groups is 2. The zero-order valence-corrected chi connectivity index (χ0v) is 15.7. The number of ether oxygens (including phenoxy) is 1.